The number of benzene rings is 2. The Morgan fingerprint density at radius 3 is 2.63 bits per heavy atom. The highest BCUT2D eigenvalue weighted by Crippen LogP contribution is 2.26. The third kappa shape index (κ3) is 3.59. The highest BCUT2D eigenvalue weighted by Gasteiger charge is 2.35. The number of ether oxygens (including phenoxy) is 1. The number of nitrogens with zero attached hydrogens (tertiary/aromatic N) is 1. The van der Waals surface area contributed by atoms with E-state index in [1.54, 1.807) is 13.2 Å². The van der Waals surface area contributed by atoms with Crippen molar-refractivity contribution in [1.29, 1.82) is 0 Å². The Hall–Kier alpha value is -3.45. The summed E-state index contributed by atoms with van der Waals surface area (Å²) >= 11 is 0. The number of amides is 3. The van der Waals surface area contributed by atoms with Crippen LogP contribution in [0.15, 0.2) is 52.9 Å². The second-order valence-electron chi connectivity index (χ2n) is 7.25. The van der Waals surface area contributed by atoms with Crippen molar-refractivity contribution in [2.24, 2.45) is 0 Å². The van der Waals surface area contributed by atoms with Gasteiger partial charge in [0.2, 0.25) is 0 Å². The summed E-state index contributed by atoms with van der Waals surface area (Å²) in [5, 5.41) is 3.85. The van der Waals surface area contributed by atoms with Crippen LogP contribution in [0.3, 0.4) is 0 Å². The van der Waals surface area contributed by atoms with E-state index in [1.807, 2.05) is 37.3 Å². The Morgan fingerprint density at radius 2 is 1.87 bits per heavy atom. The van der Waals surface area contributed by atoms with Crippen LogP contribution in [0.2, 0.25) is 0 Å². The number of rotatable bonds is 7. The first-order valence-electron chi connectivity index (χ1n) is 9.78. The minimum atomic E-state index is -0.383. The van der Waals surface area contributed by atoms with Crippen molar-refractivity contribution in [3.8, 4) is 0 Å². The van der Waals surface area contributed by atoms with Crippen LogP contribution >= 0.6 is 0 Å². The average molecular weight is 406 g/mol. The van der Waals surface area contributed by atoms with Gasteiger partial charge < -0.3 is 14.5 Å². The molecule has 3 aromatic rings. The van der Waals surface area contributed by atoms with Gasteiger partial charge in [0.1, 0.15) is 11.3 Å². The predicted octanol–water partition coefficient (Wildman–Crippen LogP) is 3.56. The molecule has 7 nitrogen and oxygen atoms in total. The molecule has 0 aliphatic carbocycles. The fourth-order valence-electron chi connectivity index (χ4n) is 3.57. The Labute approximate surface area is 173 Å². The molecule has 0 saturated heterocycles. The number of imide groups is 1. The summed E-state index contributed by atoms with van der Waals surface area (Å²) in [6.07, 6.45) is 0.560. The van der Waals surface area contributed by atoms with Gasteiger partial charge in [-0.25, -0.2) is 0 Å². The van der Waals surface area contributed by atoms with Gasteiger partial charge in [-0.15, -0.1) is 0 Å². The lowest BCUT2D eigenvalue weighted by Gasteiger charge is -2.12. The monoisotopic (exact) mass is 406 g/mol. The third-order valence-electron chi connectivity index (χ3n) is 5.18. The van der Waals surface area contributed by atoms with E-state index in [-0.39, 0.29) is 35.9 Å². The van der Waals surface area contributed by atoms with E-state index in [2.05, 4.69) is 5.32 Å². The molecule has 1 aromatic heterocycles. The van der Waals surface area contributed by atoms with Gasteiger partial charge in [0, 0.05) is 31.2 Å². The first-order valence-corrected chi connectivity index (χ1v) is 9.78. The summed E-state index contributed by atoms with van der Waals surface area (Å²) in [4.78, 5) is 39.1. The maximum absolute atomic E-state index is 12.7. The van der Waals surface area contributed by atoms with Gasteiger partial charge in [0.15, 0.2) is 0 Å². The van der Waals surface area contributed by atoms with Crippen LogP contribution < -0.4 is 5.32 Å². The van der Waals surface area contributed by atoms with Gasteiger partial charge in [-0.3, -0.25) is 19.3 Å². The molecule has 30 heavy (non-hydrogen) atoms. The Balaban J connectivity index is 1.49. The van der Waals surface area contributed by atoms with E-state index in [1.165, 1.54) is 17.0 Å². The summed E-state index contributed by atoms with van der Waals surface area (Å²) in [5.41, 5.74) is 1.64. The molecule has 1 N–H and O–H groups in total. The Bertz CT molecular complexity index is 1100. The maximum Gasteiger partial charge on any atom is 0.261 e. The van der Waals surface area contributed by atoms with E-state index < -0.39 is 0 Å². The highest BCUT2D eigenvalue weighted by molar-refractivity contribution is 6.22. The van der Waals surface area contributed by atoms with Crippen LogP contribution in [0.5, 0.6) is 0 Å². The normalized spacial score (nSPS) is 14.3. The smallest absolute Gasteiger partial charge is 0.261 e. The van der Waals surface area contributed by atoms with Crippen molar-refractivity contribution in [3.63, 3.8) is 0 Å². The summed E-state index contributed by atoms with van der Waals surface area (Å²) in [6.45, 7) is 2.57. The first kappa shape index (κ1) is 19.8. The molecule has 2 heterocycles. The molecule has 1 aliphatic heterocycles. The molecule has 7 heteroatoms. The van der Waals surface area contributed by atoms with Crippen LogP contribution in [0, 0.1) is 0 Å². The zero-order valence-electron chi connectivity index (χ0n) is 16.8. The topological polar surface area (TPSA) is 88.8 Å². The van der Waals surface area contributed by atoms with Crippen molar-refractivity contribution in [3.05, 3.63) is 71.0 Å². The molecule has 4 rings (SSSR count). The molecular weight excluding hydrogens is 384 g/mol. The molecule has 154 valence electrons. The molecule has 2 aromatic carbocycles. The standard InChI is InChI=1S/C23H22N2O5/c1-14(20-13-15-6-3-4-7-19(15)30-20)24-21(26)16-8-9-17-18(12-16)23(28)25(22(17)27)10-5-11-29-2/h3-4,6-9,12-14H,5,10-11H2,1-2H3,(H,24,26)/t14-/m0/s1. The number of para-hydroxylation sites is 1. The number of furan rings is 1. The molecule has 0 bridgehead atoms. The Morgan fingerprint density at radius 1 is 1.10 bits per heavy atom. The van der Waals surface area contributed by atoms with Crippen LogP contribution in [0.4, 0.5) is 0 Å². The minimum absolute atomic E-state index is 0.251. The third-order valence-corrected chi connectivity index (χ3v) is 5.18. The van der Waals surface area contributed by atoms with Crippen molar-refractivity contribution < 1.29 is 23.5 Å². The van der Waals surface area contributed by atoms with E-state index in [0.717, 1.165) is 11.0 Å². The molecule has 1 aliphatic rings. The van der Waals surface area contributed by atoms with Gasteiger partial charge in [-0.05, 0) is 43.7 Å². The van der Waals surface area contributed by atoms with Gasteiger partial charge in [-0.1, -0.05) is 18.2 Å². The molecule has 1 atom stereocenters. The number of hydrogen-bond acceptors (Lipinski definition) is 5. The van der Waals surface area contributed by atoms with Crippen molar-refractivity contribution >= 4 is 28.7 Å². The van der Waals surface area contributed by atoms with Crippen molar-refractivity contribution in [2.75, 3.05) is 20.3 Å². The molecule has 0 unspecified atom stereocenters. The fourth-order valence-corrected chi connectivity index (χ4v) is 3.57. The van der Waals surface area contributed by atoms with Crippen LogP contribution in [-0.4, -0.2) is 42.9 Å². The van der Waals surface area contributed by atoms with Gasteiger partial charge in [-0.2, -0.15) is 0 Å². The average Bonchev–Trinajstić information content (AvgIpc) is 3.29. The van der Waals surface area contributed by atoms with Gasteiger partial charge in [0.25, 0.3) is 17.7 Å². The number of carbonyl (C=O) groups excluding carboxylic acids is 3. The van der Waals surface area contributed by atoms with Gasteiger partial charge in [0.05, 0.1) is 17.2 Å². The molecule has 0 radical (unpaired) electrons. The summed E-state index contributed by atoms with van der Waals surface area (Å²) < 4.78 is 10.8. The van der Waals surface area contributed by atoms with E-state index in [9.17, 15) is 14.4 Å². The van der Waals surface area contributed by atoms with E-state index in [0.29, 0.717) is 29.9 Å². The second kappa shape index (κ2) is 8.12. The lowest BCUT2D eigenvalue weighted by atomic mass is 10.0. The SMILES string of the molecule is COCCCN1C(=O)c2ccc(C(=O)N[C@@H](C)c3cc4ccccc4o3)cc2C1=O. The maximum atomic E-state index is 12.7. The van der Waals surface area contributed by atoms with Crippen LogP contribution in [-0.2, 0) is 4.74 Å². The first-order chi connectivity index (χ1) is 14.5. The molecule has 0 fully saturated rings. The lowest BCUT2D eigenvalue weighted by Crippen LogP contribution is -2.31. The van der Waals surface area contributed by atoms with Crippen LogP contribution in [0.1, 0.15) is 56.2 Å². The Kier molecular flexibility index (Phi) is 5.37. The summed E-state index contributed by atoms with van der Waals surface area (Å²) in [5.74, 6) is -0.426. The van der Waals surface area contributed by atoms with E-state index in [4.69, 9.17) is 9.15 Å². The largest absolute Gasteiger partial charge is 0.459 e. The molecular formula is C23H22N2O5. The quantitative estimate of drug-likeness (QED) is 0.479. The zero-order chi connectivity index (χ0) is 21.3. The summed E-state index contributed by atoms with van der Waals surface area (Å²) in [6, 6.07) is 13.7. The van der Waals surface area contributed by atoms with Crippen molar-refractivity contribution in [2.45, 2.75) is 19.4 Å². The number of fused-ring (bicyclic) bond motifs is 2. The number of hydrogen-bond donors (Lipinski definition) is 1. The number of carbonyl (C=O) groups is 3. The molecule has 0 saturated carbocycles. The van der Waals surface area contributed by atoms with Crippen molar-refractivity contribution in [1.82, 2.24) is 10.2 Å². The summed E-state index contributed by atoms with van der Waals surface area (Å²) in [7, 11) is 1.57. The zero-order valence-corrected chi connectivity index (χ0v) is 16.8. The fraction of sp³-hybridized carbons (Fsp3) is 0.261. The molecule has 0 spiro atoms. The van der Waals surface area contributed by atoms with Crippen LogP contribution in [0.25, 0.3) is 11.0 Å². The minimum Gasteiger partial charge on any atom is -0.459 e. The second-order valence-corrected chi connectivity index (χ2v) is 7.25. The number of nitrogens with one attached hydrogen (secondary N) is 1. The van der Waals surface area contributed by atoms with Gasteiger partial charge >= 0.3 is 0 Å². The lowest BCUT2D eigenvalue weighted by molar-refractivity contribution is 0.0638. The predicted molar refractivity (Wildman–Crippen MR) is 110 cm³/mol. The highest BCUT2D eigenvalue weighted by atomic mass is 16.5. The number of methoxy groups -OCH3 is 1. The molecule has 3 amide bonds. The van der Waals surface area contributed by atoms with E-state index >= 15 is 0 Å².